The molecule has 2 aliphatic rings. The Labute approximate surface area is 54.8 Å². The van der Waals surface area contributed by atoms with E-state index in [4.69, 9.17) is 9.84 Å². The fraction of sp³-hybridized carbons (Fsp3) is 1.00. The molecule has 0 amide bonds. The Morgan fingerprint density at radius 2 is 2.44 bits per heavy atom. The first-order valence-electron chi connectivity index (χ1n) is 3.56. The number of hydrogen-bond acceptors (Lipinski definition) is 2. The van der Waals surface area contributed by atoms with Gasteiger partial charge in [0.25, 0.3) is 0 Å². The molecule has 2 fully saturated rings. The highest BCUT2D eigenvalue weighted by molar-refractivity contribution is 5.03. The third-order valence-corrected chi connectivity index (χ3v) is 2.50. The lowest BCUT2D eigenvalue weighted by molar-refractivity contribution is 0.132. The second kappa shape index (κ2) is 1.50. The number of aliphatic hydroxyl groups excluding tert-OH is 1. The van der Waals surface area contributed by atoms with Crippen LogP contribution in [0.3, 0.4) is 0 Å². The Bertz CT molecular complexity index is 135. The van der Waals surface area contributed by atoms with Crippen molar-refractivity contribution in [3.8, 4) is 0 Å². The van der Waals surface area contributed by atoms with Gasteiger partial charge >= 0.3 is 0 Å². The van der Waals surface area contributed by atoms with Gasteiger partial charge < -0.3 is 9.84 Å². The molecule has 1 aliphatic carbocycles. The van der Waals surface area contributed by atoms with Crippen molar-refractivity contribution < 1.29 is 9.84 Å². The molecule has 0 bridgehead atoms. The first-order valence-corrected chi connectivity index (χ1v) is 3.56. The molecule has 1 aliphatic heterocycles. The lowest BCUT2D eigenvalue weighted by atomic mass is 9.89. The first kappa shape index (κ1) is 5.69. The predicted octanol–water partition coefficient (Wildman–Crippen LogP) is 0.689. The minimum Gasteiger partial charge on any atom is -0.393 e. The van der Waals surface area contributed by atoms with Crippen LogP contribution in [0.5, 0.6) is 0 Å². The third kappa shape index (κ3) is 0.775. The van der Waals surface area contributed by atoms with Crippen molar-refractivity contribution in [2.45, 2.75) is 44.0 Å². The van der Waals surface area contributed by atoms with Crippen LogP contribution in [0.2, 0.25) is 0 Å². The van der Waals surface area contributed by atoms with E-state index >= 15 is 0 Å². The normalized spacial score (nSPS) is 56.7. The van der Waals surface area contributed by atoms with Crippen LogP contribution in [-0.2, 0) is 4.74 Å². The molecule has 1 N–H and O–H groups in total. The fourth-order valence-electron chi connectivity index (χ4n) is 1.63. The van der Waals surface area contributed by atoms with Crippen molar-refractivity contribution in [1.29, 1.82) is 0 Å². The molecule has 0 aromatic heterocycles. The summed E-state index contributed by atoms with van der Waals surface area (Å²) in [5, 5.41) is 9.14. The molecule has 2 nitrogen and oxygen atoms in total. The molecule has 0 spiro atoms. The van der Waals surface area contributed by atoms with Crippen LogP contribution >= 0.6 is 0 Å². The van der Waals surface area contributed by atoms with Crippen LogP contribution in [0.4, 0.5) is 0 Å². The molecule has 1 heterocycles. The van der Waals surface area contributed by atoms with Crippen LogP contribution in [-0.4, -0.2) is 22.9 Å². The lowest BCUT2D eigenvalue weighted by Crippen LogP contribution is -2.24. The maximum Gasteiger partial charge on any atom is 0.0922 e. The van der Waals surface area contributed by atoms with E-state index in [0.717, 1.165) is 19.3 Å². The number of fused-ring (bicyclic) bond motifs is 1. The molecular weight excluding hydrogens is 116 g/mol. The highest BCUT2D eigenvalue weighted by atomic mass is 16.6. The minimum absolute atomic E-state index is 0.0921. The van der Waals surface area contributed by atoms with Crippen molar-refractivity contribution in [2.24, 2.45) is 0 Å². The molecule has 0 aromatic carbocycles. The lowest BCUT2D eigenvalue weighted by Gasteiger charge is -2.16. The van der Waals surface area contributed by atoms with Gasteiger partial charge in [-0.25, -0.2) is 0 Å². The van der Waals surface area contributed by atoms with Gasteiger partial charge in [0.15, 0.2) is 0 Å². The van der Waals surface area contributed by atoms with E-state index in [1.165, 1.54) is 0 Å². The van der Waals surface area contributed by atoms with Crippen LogP contribution < -0.4 is 0 Å². The van der Waals surface area contributed by atoms with Gasteiger partial charge in [-0.2, -0.15) is 0 Å². The van der Waals surface area contributed by atoms with Gasteiger partial charge in [0, 0.05) is 6.42 Å². The molecule has 52 valence electrons. The zero-order valence-electron chi connectivity index (χ0n) is 5.63. The molecule has 2 rings (SSSR count). The summed E-state index contributed by atoms with van der Waals surface area (Å²) in [6.07, 6.45) is 3.11. The van der Waals surface area contributed by atoms with Crippen molar-refractivity contribution in [2.75, 3.05) is 0 Å². The van der Waals surface area contributed by atoms with E-state index in [1.54, 1.807) is 0 Å². The molecule has 2 heteroatoms. The zero-order valence-corrected chi connectivity index (χ0v) is 5.63. The highest BCUT2D eigenvalue weighted by Crippen LogP contribution is 2.47. The maximum absolute atomic E-state index is 9.14. The van der Waals surface area contributed by atoms with E-state index in [-0.39, 0.29) is 11.7 Å². The van der Waals surface area contributed by atoms with Gasteiger partial charge in [-0.15, -0.1) is 0 Å². The summed E-state index contributed by atoms with van der Waals surface area (Å²) >= 11 is 0. The van der Waals surface area contributed by atoms with Gasteiger partial charge in [0.1, 0.15) is 0 Å². The summed E-state index contributed by atoms with van der Waals surface area (Å²) < 4.78 is 5.38. The van der Waals surface area contributed by atoms with E-state index in [9.17, 15) is 0 Å². The number of aliphatic hydroxyl groups is 1. The van der Waals surface area contributed by atoms with Gasteiger partial charge in [-0.05, 0) is 19.8 Å². The SMILES string of the molecule is CC12CCC(O)CC1O2. The average molecular weight is 128 g/mol. The highest BCUT2D eigenvalue weighted by Gasteiger charge is 2.54. The largest absolute Gasteiger partial charge is 0.393 e. The van der Waals surface area contributed by atoms with Crippen molar-refractivity contribution in [1.82, 2.24) is 0 Å². The summed E-state index contributed by atoms with van der Waals surface area (Å²) in [4.78, 5) is 0. The topological polar surface area (TPSA) is 32.8 Å². The zero-order chi connectivity index (χ0) is 6.48. The number of ether oxygens (including phenoxy) is 1. The second-order valence-corrected chi connectivity index (χ2v) is 3.35. The molecule has 0 aromatic rings. The maximum atomic E-state index is 9.14. The minimum atomic E-state index is -0.0921. The van der Waals surface area contributed by atoms with Crippen molar-refractivity contribution >= 4 is 0 Å². The average Bonchev–Trinajstić information content (AvgIpc) is 2.41. The predicted molar refractivity (Wildman–Crippen MR) is 33.1 cm³/mol. The Kier molecular flexibility index (Phi) is 0.945. The standard InChI is InChI=1S/C7H12O2/c1-7-3-2-5(8)4-6(7)9-7/h5-6,8H,2-4H2,1H3. The Morgan fingerprint density at radius 3 is 3.00 bits per heavy atom. The molecule has 3 unspecified atom stereocenters. The second-order valence-electron chi connectivity index (χ2n) is 3.35. The van der Waals surface area contributed by atoms with Gasteiger partial charge in [0.05, 0.1) is 17.8 Å². The molecule has 9 heavy (non-hydrogen) atoms. The molecular formula is C7H12O2. The van der Waals surface area contributed by atoms with Crippen LogP contribution in [0.15, 0.2) is 0 Å². The molecule has 1 saturated carbocycles. The van der Waals surface area contributed by atoms with E-state index < -0.39 is 0 Å². The Hall–Kier alpha value is -0.0800. The van der Waals surface area contributed by atoms with Crippen molar-refractivity contribution in [3.63, 3.8) is 0 Å². The van der Waals surface area contributed by atoms with E-state index in [2.05, 4.69) is 6.92 Å². The fourth-order valence-corrected chi connectivity index (χ4v) is 1.63. The first-order chi connectivity index (χ1) is 4.21. The van der Waals surface area contributed by atoms with Gasteiger partial charge in [-0.1, -0.05) is 0 Å². The summed E-state index contributed by atoms with van der Waals surface area (Å²) in [6, 6.07) is 0. The van der Waals surface area contributed by atoms with Gasteiger partial charge in [-0.3, -0.25) is 0 Å². The molecule has 1 saturated heterocycles. The van der Waals surface area contributed by atoms with E-state index in [0.29, 0.717) is 6.10 Å². The van der Waals surface area contributed by atoms with Crippen LogP contribution in [0.1, 0.15) is 26.2 Å². The quantitative estimate of drug-likeness (QED) is 0.487. The van der Waals surface area contributed by atoms with Crippen molar-refractivity contribution in [3.05, 3.63) is 0 Å². The Morgan fingerprint density at radius 1 is 1.67 bits per heavy atom. The Balaban J connectivity index is 2.01. The summed E-state index contributed by atoms with van der Waals surface area (Å²) in [5.74, 6) is 0. The van der Waals surface area contributed by atoms with Gasteiger partial charge in [0.2, 0.25) is 0 Å². The van der Waals surface area contributed by atoms with Crippen LogP contribution in [0, 0.1) is 0 Å². The molecule has 3 atom stereocenters. The number of epoxide rings is 1. The number of rotatable bonds is 0. The summed E-state index contributed by atoms with van der Waals surface area (Å²) in [7, 11) is 0. The van der Waals surface area contributed by atoms with Crippen LogP contribution in [0.25, 0.3) is 0 Å². The monoisotopic (exact) mass is 128 g/mol. The summed E-state index contributed by atoms with van der Waals surface area (Å²) in [5.41, 5.74) is 0.166. The van der Waals surface area contributed by atoms with E-state index in [1.807, 2.05) is 0 Å². The summed E-state index contributed by atoms with van der Waals surface area (Å²) in [6.45, 7) is 2.13. The smallest absolute Gasteiger partial charge is 0.0922 e. The molecule has 0 radical (unpaired) electrons. The third-order valence-electron chi connectivity index (χ3n) is 2.50. The number of hydrogen-bond donors (Lipinski definition) is 1.